The molecule has 7 nitrogen and oxygen atoms in total. The number of nitrogens with zero attached hydrogens (tertiary/aromatic N) is 3. The number of hydrogen-bond donors (Lipinski definition) is 3. The first-order valence-corrected chi connectivity index (χ1v) is 8.78. The van der Waals surface area contributed by atoms with Crippen molar-refractivity contribution in [2.24, 2.45) is 0 Å². The number of anilines is 3. The number of aromatic nitrogens is 3. The number of rotatable bonds is 3. The van der Waals surface area contributed by atoms with Gasteiger partial charge in [0.05, 0.1) is 29.0 Å². The van der Waals surface area contributed by atoms with Crippen LogP contribution in [0.25, 0.3) is 0 Å². The molecule has 0 radical (unpaired) electrons. The maximum atomic E-state index is 12.2. The second-order valence-corrected chi connectivity index (χ2v) is 6.79. The van der Waals surface area contributed by atoms with Gasteiger partial charge >= 0.3 is 6.03 Å². The second kappa shape index (κ2) is 7.13. The third-order valence-corrected chi connectivity index (χ3v) is 4.75. The summed E-state index contributed by atoms with van der Waals surface area (Å²) < 4.78 is 0. The maximum absolute atomic E-state index is 12.2. The Bertz CT molecular complexity index is 749. The van der Waals surface area contributed by atoms with Gasteiger partial charge < -0.3 is 15.5 Å². The number of pyridine rings is 1. The highest BCUT2D eigenvalue weighted by atomic mass is 16.2. The van der Waals surface area contributed by atoms with Crippen LogP contribution in [0.5, 0.6) is 0 Å². The molecule has 0 saturated carbocycles. The minimum Gasteiger partial charge on any atom is -0.354 e. The number of carbonyl (C=O) groups excluding carboxylic acids is 1. The SMILES string of the molecule is Cc1cc(NC(=O)Nc2c(C)n[nH]c2C)cnc1N1CCCC[C@@H]1C. The molecule has 2 aromatic heterocycles. The number of urea groups is 1. The van der Waals surface area contributed by atoms with Crippen LogP contribution in [-0.2, 0) is 0 Å². The van der Waals surface area contributed by atoms with Crippen LogP contribution >= 0.6 is 0 Å². The maximum Gasteiger partial charge on any atom is 0.323 e. The molecule has 1 aliphatic heterocycles. The van der Waals surface area contributed by atoms with Gasteiger partial charge in [0.15, 0.2) is 0 Å². The molecule has 2 aromatic rings. The van der Waals surface area contributed by atoms with E-state index in [2.05, 4.69) is 37.6 Å². The number of aromatic amines is 1. The Balaban J connectivity index is 1.69. The van der Waals surface area contributed by atoms with Crippen LogP contribution in [0, 0.1) is 20.8 Å². The van der Waals surface area contributed by atoms with Gasteiger partial charge in [-0.15, -0.1) is 0 Å². The topological polar surface area (TPSA) is 85.9 Å². The van der Waals surface area contributed by atoms with Crippen LogP contribution in [0.3, 0.4) is 0 Å². The zero-order valence-electron chi connectivity index (χ0n) is 15.3. The number of hydrogen-bond acceptors (Lipinski definition) is 4. The standard InChI is InChI=1S/C18H26N6O/c1-11-9-15(10-19-17(11)24-8-6-5-7-12(24)2)20-18(25)21-16-13(3)22-23-14(16)4/h9-10,12H,5-8H2,1-4H3,(H,22,23)(H2,20,21,25)/t12-/m0/s1. The summed E-state index contributed by atoms with van der Waals surface area (Å²) in [5.74, 6) is 1.01. The molecule has 0 aromatic carbocycles. The van der Waals surface area contributed by atoms with Gasteiger partial charge in [-0.05, 0) is 58.6 Å². The first-order chi connectivity index (χ1) is 12.0. The van der Waals surface area contributed by atoms with Gasteiger partial charge in [-0.2, -0.15) is 5.10 Å². The molecule has 0 spiro atoms. The van der Waals surface area contributed by atoms with Crippen molar-refractivity contribution in [3.8, 4) is 0 Å². The Morgan fingerprint density at radius 2 is 2.08 bits per heavy atom. The van der Waals surface area contributed by atoms with E-state index in [4.69, 9.17) is 0 Å². The number of carbonyl (C=O) groups is 1. The third-order valence-electron chi connectivity index (χ3n) is 4.75. The fraction of sp³-hybridized carbons (Fsp3) is 0.500. The molecule has 0 bridgehead atoms. The Morgan fingerprint density at radius 1 is 1.28 bits per heavy atom. The van der Waals surface area contributed by atoms with Crippen molar-refractivity contribution < 1.29 is 4.79 Å². The lowest BCUT2D eigenvalue weighted by Gasteiger charge is -2.35. The summed E-state index contributed by atoms with van der Waals surface area (Å²) in [6, 6.07) is 2.18. The predicted molar refractivity (Wildman–Crippen MR) is 100 cm³/mol. The van der Waals surface area contributed by atoms with E-state index in [1.807, 2.05) is 26.8 Å². The van der Waals surface area contributed by atoms with Crippen LogP contribution in [0.2, 0.25) is 0 Å². The summed E-state index contributed by atoms with van der Waals surface area (Å²) >= 11 is 0. The molecule has 1 aliphatic rings. The highest BCUT2D eigenvalue weighted by molar-refractivity contribution is 6.00. The average Bonchev–Trinajstić information content (AvgIpc) is 2.88. The summed E-state index contributed by atoms with van der Waals surface area (Å²) in [5, 5.41) is 12.6. The van der Waals surface area contributed by atoms with Crippen molar-refractivity contribution in [1.29, 1.82) is 0 Å². The highest BCUT2D eigenvalue weighted by Crippen LogP contribution is 2.27. The lowest BCUT2D eigenvalue weighted by Crippen LogP contribution is -2.38. The molecule has 7 heteroatoms. The number of nitrogens with one attached hydrogen (secondary N) is 3. The predicted octanol–water partition coefficient (Wildman–Crippen LogP) is 3.75. The Kier molecular flexibility index (Phi) is 4.92. The van der Waals surface area contributed by atoms with Crippen LogP contribution < -0.4 is 15.5 Å². The van der Waals surface area contributed by atoms with Gasteiger partial charge in [0.2, 0.25) is 0 Å². The largest absolute Gasteiger partial charge is 0.354 e. The molecule has 1 fully saturated rings. The fourth-order valence-corrected chi connectivity index (χ4v) is 3.36. The molecule has 1 atom stereocenters. The smallest absolute Gasteiger partial charge is 0.323 e. The highest BCUT2D eigenvalue weighted by Gasteiger charge is 2.21. The zero-order valence-corrected chi connectivity index (χ0v) is 15.3. The van der Waals surface area contributed by atoms with Gasteiger partial charge in [0.25, 0.3) is 0 Å². The minimum atomic E-state index is -0.298. The molecule has 134 valence electrons. The van der Waals surface area contributed by atoms with E-state index in [0.717, 1.165) is 29.3 Å². The van der Waals surface area contributed by atoms with Crippen molar-refractivity contribution >= 4 is 23.2 Å². The normalized spacial score (nSPS) is 17.4. The lowest BCUT2D eigenvalue weighted by molar-refractivity contribution is 0.262. The fourth-order valence-electron chi connectivity index (χ4n) is 3.36. The molecule has 0 aliphatic carbocycles. The second-order valence-electron chi connectivity index (χ2n) is 6.79. The Labute approximate surface area is 148 Å². The van der Waals surface area contributed by atoms with Crippen LogP contribution in [0.4, 0.5) is 22.0 Å². The lowest BCUT2D eigenvalue weighted by atomic mass is 10.0. The zero-order chi connectivity index (χ0) is 18.0. The average molecular weight is 342 g/mol. The van der Waals surface area contributed by atoms with Crippen LogP contribution in [0.1, 0.15) is 43.1 Å². The minimum absolute atomic E-state index is 0.298. The first-order valence-electron chi connectivity index (χ1n) is 8.78. The van der Waals surface area contributed by atoms with E-state index in [-0.39, 0.29) is 6.03 Å². The molecular weight excluding hydrogens is 316 g/mol. The molecule has 25 heavy (non-hydrogen) atoms. The van der Waals surface area contributed by atoms with Gasteiger partial charge in [-0.25, -0.2) is 9.78 Å². The number of aryl methyl sites for hydroxylation is 3. The number of piperidine rings is 1. The van der Waals surface area contributed by atoms with E-state index >= 15 is 0 Å². The van der Waals surface area contributed by atoms with Gasteiger partial charge in [-0.3, -0.25) is 5.10 Å². The number of amides is 2. The quantitative estimate of drug-likeness (QED) is 0.793. The molecule has 3 N–H and O–H groups in total. The third kappa shape index (κ3) is 3.75. The first kappa shape index (κ1) is 17.3. The summed E-state index contributed by atoms with van der Waals surface area (Å²) in [5.41, 5.74) is 4.05. The van der Waals surface area contributed by atoms with Gasteiger partial charge in [-0.1, -0.05) is 0 Å². The summed E-state index contributed by atoms with van der Waals surface area (Å²) in [6.45, 7) is 9.04. The molecule has 0 unspecified atom stereocenters. The van der Waals surface area contributed by atoms with Crippen LogP contribution in [0.15, 0.2) is 12.3 Å². The van der Waals surface area contributed by atoms with Crippen molar-refractivity contribution in [2.45, 2.75) is 53.0 Å². The monoisotopic (exact) mass is 342 g/mol. The Hall–Kier alpha value is -2.57. The van der Waals surface area contributed by atoms with Gasteiger partial charge in [0.1, 0.15) is 5.82 Å². The summed E-state index contributed by atoms with van der Waals surface area (Å²) in [7, 11) is 0. The molecule has 3 rings (SSSR count). The van der Waals surface area contributed by atoms with Crippen molar-refractivity contribution in [2.75, 3.05) is 22.1 Å². The van der Waals surface area contributed by atoms with E-state index in [1.165, 1.54) is 19.3 Å². The van der Waals surface area contributed by atoms with Crippen LogP contribution in [-0.4, -0.2) is 33.8 Å². The van der Waals surface area contributed by atoms with E-state index in [9.17, 15) is 4.79 Å². The van der Waals surface area contributed by atoms with E-state index in [1.54, 1.807) is 6.20 Å². The molecular formula is C18H26N6O. The summed E-state index contributed by atoms with van der Waals surface area (Å²) in [6.07, 6.45) is 5.41. The van der Waals surface area contributed by atoms with Crippen molar-refractivity contribution in [3.63, 3.8) is 0 Å². The van der Waals surface area contributed by atoms with E-state index < -0.39 is 0 Å². The number of H-pyrrole nitrogens is 1. The van der Waals surface area contributed by atoms with Crippen molar-refractivity contribution in [3.05, 3.63) is 29.2 Å². The summed E-state index contributed by atoms with van der Waals surface area (Å²) in [4.78, 5) is 19.2. The van der Waals surface area contributed by atoms with E-state index in [0.29, 0.717) is 17.4 Å². The Morgan fingerprint density at radius 3 is 2.72 bits per heavy atom. The van der Waals surface area contributed by atoms with Gasteiger partial charge in [0, 0.05) is 12.6 Å². The molecule has 2 amide bonds. The molecule has 1 saturated heterocycles. The van der Waals surface area contributed by atoms with Crippen molar-refractivity contribution in [1.82, 2.24) is 15.2 Å². The molecule has 3 heterocycles.